The molecule has 1 heterocycles. The van der Waals surface area contributed by atoms with Crippen LogP contribution in [0.15, 0.2) is 102 Å². The van der Waals surface area contributed by atoms with Gasteiger partial charge in [-0.15, -0.1) is 0 Å². The predicted octanol–water partition coefficient (Wildman–Crippen LogP) is 7.42. The molecule has 0 aromatic heterocycles. The van der Waals surface area contributed by atoms with Crippen LogP contribution in [0.25, 0.3) is 5.57 Å². The van der Waals surface area contributed by atoms with Crippen molar-refractivity contribution in [1.29, 1.82) is 0 Å². The minimum Gasteiger partial charge on any atom is -0.457 e. The second kappa shape index (κ2) is 6.35. The van der Waals surface area contributed by atoms with Gasteiger partial charge in [-0.2, -0.15) is 0 Å². The zero-order valence-corrected chi connectivity index (χ0v) is 17.2. The molecule has 3 aromatic rings. The molecule has 28 heavy (non-hydrogen) atoms. The number of hydrogen-bond donors (Lipinski definition) is 0. The summed E-state index contributed by atoms with van der Waals surface area (Å²) in [5.74, 6) is 1.77. The van der Waals surface area contributed by atoms with Gasteiger partial charge >= 0.3 is 0 Å². The molecule has 136 valence electrons. The third kappa shape index (κ3) is 2.12. The summed E-state index contributed by atoms with van der Waals surface area (Å²) in [7, 11) is 0. The number of hydrogen-bond acceptors (Lipinski definition) is 1. The Morgan fingerprint density at radius 3 is 2.18 bits per heavy atom. The predicted molar refractivity (Wildman–Crippen MR) is 119 cm³/mol. The maximum atomic E-state index is 6.29. The number of fused-ring (bicyclic) bond motifs is 6. The summed E-state index contributed by atoms with van der Waals surface area (Å²) in [4.78, 5) is 0. The Morgan fingerprint density at radius 1 is 0.893 bits per heavy atom. The van der Waals surface area contributed by atoms with Gasteiger partial charge in [0.05, 0.1) is 5.41 Å². The lowest BCUT2D eigenvalue weighted by atomic mass is 9.66. The minimum absolute atomic E-state index is 0.478. The Labute approximate surface area is 173 Å². The minimum atomic E-state index is -0.478. The highest BCUT2D eigenvalue weighted by Gasteiger charge is 2.52. The van der Waals surface area contributed by atoms with Crippen LogP contribution in [0.4, 0.5) is 0 Å². The van der Waals surface area contributed by atoms with Crippen molar-refractivity contribution in [2.75, 3.05) is 0 Å². The van der Waals surface area contributed by atoms with E-state index in [4.69, 9.17) is 4.74 Å². The van der Waals surface area contributed by atoms with Gasteiger partial charge in [-0.3, -0.25) is 0 Å². The molecule has 0 saturated carbocycles. The van der Waals surface area contributed by atoms with Crippen molar-refractivity contribution >= 4 is 21.5 Å². The van der Waals surface area contributed by atoms with Crippen LogP contribution in [0, 0.1) is 0 Å². The van der Waals surface area contributed by atoms with E-state index in [1.54, 1.807) is 0 Å². The monoisotopic (exact) mass is 426 g/mol. The average Bonchev–Trinajstić information content (AvgIpc) is 2.97. The zero-order chi connectivity index (χ0) is 19.3. The number of ether oxygens (including phenoxy) is 1. The second-order valence-electron chi connectivity index (χ2n) is 7.09. The van der Waals surface area contributed by atoms with Crippen molar-refractivity contribution in [3.63, 3.8) is 0 Å². The molecule has 0 saturated heterocycles. The van der Waals surface area contributed by atoms with Crippen LogP contribution >= 0.6 is 15.9 Å². The smallest absolute Gasteiger partial charge is 0.132 e. The van der Waals surface area contributed by atoms with E-state index in [-0.39, 0.29) is 0 Å². The molecular weight excluding hydrogens is 408 g/mol. The summed E-state index contributed by atoms with van der Waals surface area (Å²) in [6.07, 6.45) is 6.30. The van der Waals surface area contributed by atoms with Crippen molar-refractivity contribution in [2.45, 2.75) is 12.3 Å². The topological polar surface area (TPSA) is 9.23 Å². The van der Waals surface area contributed by atoms with Gasteiger partial charge in [0.15, 0.2) is 0 Å². The molecule has 0 fully saturated rings. The molecule has 2 heteroatoms. The quantitative estimate of drug-likeness (QED) is 0.393. The molecule has 2 aliphatic rings. The van der Waals surface area contributed by atoms with E-state index >= 15 is 0 Å². The van der Waals surface area contributed by atoms with Gasteiger partial charge in [-0.1, -0.05) is 89.3 Å². The lowest BCUT2D eigenvalue weighted by Crippen LogP contribution is -2.32. The normalized spacial score (nSPS) is 17.5. The maximum absolute atomic E-state index is 6.29. The Bertz CT molecular complexity index is 1140. The summed E-state index contributed by atoms with van der Waals surface area (Å²) in [5, 5.41) is 0. The summed E-state index contributed by atoms with van der Waals surface area (Å²) < 4.78 is 7.38. The SMILES string of the molecule is C=C1/C(=C\C=C/C)c2cccc(Br)c2C12c1ccccc1Oc1ccccc12. The molecule has 1 nitrogen and oxygen atoms in total. The first-order valence-electron chi connectivity index (χ1n) is 9.38. The van der Waals surface area contributed by atoms with Gasteiger partial charge in [0, 0.05) is 15.6 Å². The van der Waals surface area contributed by atoms with Gasteiger partial charge in [0.1, 0.15) is 11.5 Å². The van der Waals surface area contributed by atoms with Crippen LogP contribution in [0.1, 0.15) is 29.2 Å². The van der Waals surface area contributed by atoms with Crippen LogP contribution < -0.4 is 4.74 Å². The molecule has 3 aromatic carbocycles. The fourth-order valence-corrected chi connectivity index (χ4v) is 5.28. The third-order valence-corrected chi connectivity index (χ3v) is 6.37. The third-order valence-electron chi connectivity index (χ3n) is 5.71. The van der Waals surface area contributed by atoms with E-state index < -0.39 is 5.41 Å². The largest absolute Gasteiger partial charge is 0.457 e. The van der Waals surface area contributed by atoms with Crippen LogP contribution in [0.5, 0.6) is 11.5 Å². The maximum Gasteiger partial charge on any atom is 0.132 e. The highest BCUT2D eigenvalue weighted by molar-refractivity contribution is 9.10. The van der Waals surface area contributed by atoms with Crippen molar-refractivity contribution in [2.24, 2.45) is 0 Å². The van der Waals surface area contributed by atoms with Crippen LogP contribution in [0.2, 0.25) is 0 Å². The van der Waals surface area contributed by atoms with Crippen molar-refractivity contribution in [3.05, 3.63) is 124 Å². The second-order valence-corrected chi connectivity index (χ2v) is 7.95. The zero-order valence-electron chi connectivity index (χ0n) is 15.6. The highest BCUT2D eigenvalue weighted by atomic mass is 79.9. The molecule has 0 amide bonds. The molecule has 1 aliphatic carbocycles. The van der Waals surface area contributed by atoms with Crippen LogP contribution in [-0.4, -0.2) is 0 Å². The molecule has 5 rings (SSSR count). The summed E-state index contributed by atoms with van der Waals surface area (Å²) in [6, 6.07) is 23.0. The number of allylic oxidation sites excluding steroid dienone is 5. The molecule has 0 unspecified atom stereocenters. The first kappa shape index (κ1) is 17.3. The van der Waals surface area contributed by atoms with Crippen LogP contribution in [-0.2, 0) is 5.41 Å². The number of para-hydroxylation sites is 2. The van der Waals surface area contributed by atoms with Gasteiger partial charge < -0.3 is 4.74 Å². The Morgan fingerprint density at radius 2 is 1.54 bits per heavy atom. The molecule has 1 spiro atoms. The van der Waals surface area contributed by atoms with Crippen molar-refractivity contribution in [3.8, 4) is 11.5 Å². The van der Waals surface area contributed by atoms with Gasteiger partial charge in [-0.25, -0.2) is 0 Å². The Balaban J connectivity index is 1.98. The average molecular weight is 427 g/mol. The van der Waals surface area contributed by atoms with E-state index in [1.807, 2.05) is 31.2 Å². The first-order valence-corrected chi connectivity index (χ1v) is 10.2. The van der Waals surface area contributed by atoms with Crippen LogP contribution in [0.3, 0.4) is 0 Å². The number of halogens is 1. The van der Waals surface area contributed by atoms with Gasteiger partial charge in [0.2, 0.25) is 0 Å². The van der Waals surface area contributed by atoms with Crippen molar-refractivity contribution < 1.29 is 4.74 Å². The lowest BCUT2D eigenvalue weighted by molar-refractivity contribution is 0.436. The van der Waals surface area contributed by atoms with E-state index in [0.29, 0.717) is 0 Å². The van der Waals surface area contributed by atoms with E-state index in [1.165, 1.54) is 16.7 Å². The Hall–Kier alpha value is -2.84. The number of benzene rings is 3. The standard InChI is InChI=1S/C26H19BrO/c1-3-4-10-18-17(2)26(25-19(18)11-9-14-22(25)27)20-12-5-7-15-23(20)28-24-16-8-6-13-21(24)26/h3-16H,2H2,1H3/b4-3-,18-10+. The molecular formula is C26H19BrO. The summed E-state index contributed by atoms with van der Waals surface area (Å²) in [5.41, 5.74) is 6.49. The molecule has 0 N–H and O–H groups in total. The van der Waals surface area contributed by atoms with Crippen molar-refractivity contribution in [1.82, 2.24) is 0 Å². The molecule has 0 atom stereocenters. The number of rotatable bonds is 1. The highest BCUT2D eigenvalue weighted by Crippen LogP contribution is 2.63. The summed E-state index contributed by atoms with van der Waals surface area (Å²) in [6.45, 7) is 6.67. The molecule has 0 bridgehead atoms. The van der Waals surface area contributed by atoms with E-state index in [2.05, 4.69) is 83.2 Å². The fourth-order valence-electron chi connectivity index (χ4n) is 4.62. The van der Waals surface area contributed by atoms with Gasteiger partial charge in [0.25, 0.3) is 0 Å². The fraction of sp³-hybridized carbons (Fsp3) is 0.0769. The first-order chi connectivity index (χ1) is 13.7. The Kier molecular flexibility index (Phi) is 3.92. The van der Waals surface area contributed by atoms with Gasteiger partial charge in [-0.05, 0) is 47.4 Å². The molecule has 1 aliphatic heterocycles. The van der Waals surface area contributed by atoms with E-state index in [0.717, 1.165) is 32.7 Å². The molecule has 0 radical (unpaired) electrons. The lowest BCUT2D eigenvalue weighted by Gasteiger charge is -2.39. The summed E-state index contributed by atoms with van der Waals surface area (Å²) >= 11 is 3.86. The van der Waals surface area contributed by atoms with E-state index in [9.17, 15) is 0 Å².